The smallest absolute Gasteiger partial charge is 0.220 e. The number of hydrogen-bond donors (Lipinski definition) is 2. The second kappa shape index (κ2) is 5.81. The second-order valence-electron chi connectivity index (χ2n) is 5.90. The van der Waals surface area contributed by atoms with Crippen LogP contribution >= 0.6 is 11.6 Å². The first-order valence-corrected chi connectivity index (χ1v) is 7.72. The lowest BCUT2D eigenvalue weighted by Gasteiger charge is -2.22. The molecule has 2 N–H and O–H groups in total. The van der Waals surface area contributed by atoms with Gasteiger partial charge in [-0.1, -0.05) is 18.5 Å². The van der Waals surface area contributed by atoms with Crippen molar-refractivity contribution in [3.63, 3.8) is 0 Å². The third kappa shape index (κ3) is 2.85. The number of halogens is 1. The van der Waals surface area contributed by atoms with E-state index < -0.39 is 0 Å². The third-order valence-electron chi connectivity index (χ3n) is 4.36. The van der Waals surface area contributed by atoms with Crippen molar-refractivity contribution in [3.05, 3.63) is 22.3 Å². The van der Waals surface area contributed by atoms with E-state index in [1.165, 1.54) is 5.56 Å². The lowest BCUT2D eigenvalue weighted by Crippen LogP contribution is -2.38. The Bertz CT molecular complexity index is 564. The van der Waals surface area contributed by atoms with E-state index in [2.05, 4.69) is 22.5 Å². The molecule has 21 heavy (non-hydrogen) atoms. The monoisotopic (exact) mass is 309 g/mol. The first-order chi connectivity index (χ1) is 10.1. The Balaban J connectivity index is 1.76. The highest BCUT2D eigenvalue weighted by Gasteiger charge is 2.34. The number of methoxy groups -OCH3 is 1. The molecule has 114 valence electrons. The Labute approximate surface area is 129 Å². The van der Waals surface area contributed by atoms with Crippen LogP contribution in [0.2, 0.25) is 5.15 Å². The molecule has 0 radical (unpaired) electrons. The number of nitrogens with one attached hydrogen (secondary N) is 2. The van der Waals surface area contributed by atoms with Gasteiger partial charge < -0.3 is 15.4 Å². The van der Waals surface area contributed by atoms with E-state index in [4.69, 9.17) is 16.3 Å². The van der Waals surface area contributed by atoms with Gasteiger partial charge >= 0.3 is 0 Å². The van der Waals surface area contributed by atoms with Crippen LogP contribution in [0.15, 0.2) is 6.07 Å². The molecule has 1 saturated heterocycles. The molecule has 0 saturated carbocycles. The van der Waals surface area contributed by atoms with E-state index >= 15 is 0 Å². The maximum atomic E-state index is 11.3. The summed E-state index contributed by atoms with van der Waals surface area (Å²) in [6.45, 7) is 2.98. The van der Waals surface area contributed by atoms with E-state index in [0.29, 0.717) is 23.4 Å². The fraction of sp³-hybridized carbons (Fsp3) is 0.600. The SMILES string of the molecule is COc1nc(Cl)cc2c1C(NC[C@@H]1CCC(=O)N1)C(C)C2. The van der Waals surface area contributed by atoms with E-state index in [-0.39, 0.29) is 18.0 Å². The van der Waals surface area contributed by atoms with Crippen LogP contribution in [0.5, 0.6) is 5.88 Å². The van der Waals surface area contributed by atoms with Crippen LogP contribution in [0, 0.1) is 5.92 Å². The zero-order valence-electron chi connectivity index (χ0n) is 12.3. The first kappa shape index (κ1) is 14.6. The number of carbonyl (C=O) groups excluding carboxylic acids is 1. The van der Waals surface area contributed by atoms with Crippen LogP contribution in [0.1, 0.15) is 36.9 Å². The number of ether oxygens (including phenoxy) is 1. The third-order valence-corrected chi connectivity index (χ3v) is 4.56. The van der Waals surface area contributed by atoms with Crippen molar-refractivity contribution in [2.75, 3.05) is 13.7 Å². The summed E-state index contributed by atoms with van der Waals surface area (Å²) in [5.41, 5.74) is 2.31. The summed E-state index contributed by atoms with van der Waals surface area (Å²) in [4.78, 5) is 15.5. The summed E-state index contributed by atoms with van der Waals surface area (Å²) in [5, 5.41) is 7.02. The van der Waals surface area contributed by atoms with Gasteiger partial charge in [0.25, 0.3) is 0 Å². The fourth-order valence-corrected chi connectivity index (χ4v) is 3.57. The van der Waals surface area contributed by atoms with Crippen LogP contribution in [0.4, 0.5) is 0 Å². The van der Waals surface area contributed by atoms with Crippen LogP contribution in [0.3, 0.4) is 0 Å². The van der Waals surface area contributed by atoms with Crippen molar-refractivity contribution in [1.29, 1.82) is 0 Å². The summed E-state index contributed by atoms with van der Waals surface area (Å²) in [6, 6.07) is 2.34. The molecule has 0 spiro atoms. The van der Waals surface area contributed by atoms with Gasteiger partial charge in [0.05, 0.1) is 7.11 Å². The Kier molecular flexibility index (Phi) is 4.04. The van der Waals surface area contributed by atoms with Gasteiger partial charge in [0.1, 0.15) is 5.15 Å². The van der Waals surface area contributed by atoms with E-state index in [1.807, 2.05) is 6.07 Å². The molecule has 5 nitrogen and oxygen atoms in total. The highest BCUT2D eigenvalue weighted by molar-refractivity contribution is 6.29. The topological polar surface area (TPSA) is 63.2 Å². The first-order valence-electron chi connectivity index (χ1n) is 7.34. The van der Waals surface area contributed by atoms with Gasteiger partial charge in [-0.2, -0.15) is 0 Å². The Morgan fingerprint density at radius 2 is 2.38 bits per heavy atom. The van der Waals surface area contributed by atoms with Crippen molar-refractivity contribution in [2.45, 2.75) is 38.3 Å². The standard InChI is InChI=1S/C15H20ClN3O2/c1-8-5-9-6-11(16)19-15(21-2)13(9)14(8)17-7-10-3-4-12(20)18-10/h6,8,10,14,17H,3-5,7H2,1-2H3,(H,18,20)/t8?,10-,14?/m0/s1. The lowest BCUT2D eigenvalue weighted by atomic mass is 10.0. The minimum absolute atomic E-state index is 0.146. The van der Waals surface area contributed by atoms with Gasteiger partial charge in [-0.15, -0.1) is 0 Å². The molecule has 2 aliphatic rings. The van der Waals surface area contributed by atoms with Gasteiger partial charge in [-0.3, -0.25) is 4.79 Å². The molecular weight excluding hydrogens is 290 g/mol. The number of nitrogens with zero attached hydrogens (tertiary/aromatic N) is 1. The number of hydrogen-bond acceptors (Lipinski definition) is 4. The van der Waals surface area contributed by atoms with Crippen molar-refractivity contribution in [2.24, 2.45) is 5.92 Å². The largest absolute Gasteiger partial charge is 0.481 e. The number of aromatic nitrogens is 1. The summed E-state index contributed by atoms with van der Waals surface area (Å²) >= 11 is 6.04. The molecule has 6 heteroatoms. The van der Waals surface area contributed by atoms with Crippen molar-refractivity contribution in [3.8, 4) is 5.88 Å². The highest BCUT2D eigenvalue weighted by Crippen LogP contribution is 2.41. The molecule has 0 aromatic carbocycles. The van der Waals surface area contributed by atoms with E-state index in [9.17, 15) is 4.79 Å². The molecule has 1 aliphatic carbocycles. The molecule has 1 aromatic heterocycles. The van der Waals surface area contributed by atoms with Gasteiger partial charge in [0.2, 0.25) is 11.8 Å². The molecule has 2 heterocycles. The molecule has 3 atom stereocenters. The fourth-order valence-electron chi connectivity index (χ4n) is 3.36. The van der Waals surface area contributed by atoms with Gasteiger partial charge in [-0.05, 0) is 30.4 Å². The summed E-state index contributed by atoms with van der Waals surface area (Å²) < 4.78 is 5.40. The molecule has 1 aromatic rings. The van der Waals surface area contributed by atoms with Gasteiger partial charge in [0, 0.05) is 30.6 Å². The van der Waals surface area contributed by atoms with E-state index in [1.54, 1.807) is 7.11 Å². The number of pyridine rings is 1. The molecule has 1 fully saturated rings. The second-order valence-corrected chi connectivity index (χ2v) is 6.28. The Hall–Kier alpha value is -1.33. The van der Waals surface area contributed by atoms with Gasteiger partial charge in [0.15, 0.2) is 0 Å². The summed E-state index contributed by atoms with van der Waals surface area (Å²) in [7, 11) is 1.62. The number of carbonyl (C=O) groups is 1. The van der Waals surface area contributed by atoms with Crippen LogP contribution < -0.4 is 15.4 Å². The average molecular weight is 310 g/mol. The molecule has 1 aliphatic heterocycles. The van der Waals surface area contributed by atoms with Crippen molar-refractivity contribution in [1.82, 2.24) is 15.6 Å². The Morgan fingerprint density at radius 1 is 1.57 bits per heavy atom. The number of fused-ring (bicyclic) bond motifs is 1. The van der Waals surface area contributed by atoms with E-state index in [0.717, 1.165) is 24.9 Å². The molecule has 3 rings (SSSR count). The minimum Gasteiger partial charge on any atom is -0.481 e. The minimum atomic E-state index is 0.146. The van der Waals surface area contributed by atoms with Crippen LogP contribution in [0.25, 0.3) is 0 Å². The Morgan fingerprint density at radius 3 is 3.05 bits per heavy atom. The van der Waals surface area contributed by atoms with Crippen molar-refractivity contribution >= 4 is 17.5 Å². The predicted molar refractivity (Wildman–Crippen MR) is 80.6 cm³/mol. The maximum absolute atomic E-state index is 11.3. The predicted octanol–water partition coefficient (Wildman–Crippen LogP) is 1.85. The van der Waals surface area contributed by atoms with Crippen molar-refractivity contribution < 1.29 is 9.53 Å². The highest BCUT2D eigenvalue weighted by atomic mass is 35.5. The lowest BCUT2D eigenvalue weighted by molar-refractivity contribution is -0.119. The number of amides is 1. The molecule has 0 bridgehead atoms. The number of rotatable bonds is 4. The van der Waals surface area contributed by atoms with Crippen LogP contribution in [-0.4, -0.2) is 30.6 Å². The summed E-state index contributed by atoms with van der Waals surface area (Å²) in [6.07, 6.45) is 2.49. The molecular formula is C15H20ClN3O2. The molecule has 1 amide bonds. The average Bonchev–Trinajstić information content (AvgIpc) is 2.98. The zero-order valence-corrected chi connectivity index (χ0v) is 13.0. The quantitative estimate of drug-likeness (QED) is 0.833. The van der Waals surface area contributed by atoms with Gasteiger partial charge in [-0.25, -0.2) is 4.98 Å². The maximum Gasteiger partial charge on any atom is 0.220 e. The van der Waals surface area contributed by atoms with Crippen LogP contribution in [-0.2, 0) is 11.2 Å². The zero-order chi connectivity index (χ0) is 15.0. The normalized spacial score (nSPS) is 27.6. The summed E-state index contributed by atoms with van der Waals surface area (Å²) in [5.74, 6) is 1.20. The molecule has 2 unspecified atom stereocenters.